The molecule has 2 atom stereocenters. The van der Waals surface area contributed by atoms with Crippen molar-refractivity contribution in [3.8, 4) is 0 Å². The Balaban J connectivity index is 1.69. The van der Waals surface area contributed by atoms with Crippen LogP contribution in [0, 0.1) is 5.92 Å². The van der Waals surface area contributed by atoms with Gasteiger partial charge < -0.3 is 10.6 Å². The molecule has 5 nitrogen and oxygen atoms in total. The van der Waals surface area contributed by atoms with Crippen LogP contribution in [0.3, 0.4) is 0 Å². The maximum atomic E-state index is 12.9. The van der Waals surface area contributed by atoms with Crippen LogP contribution in [0.1, 0.15) is 30.9 Å². The molecule has 1 aromatic heterocycles. The lowest BCUT2D eigenvalue weighted by Crippen LogP contribution is -2.48. The van der Waals surface area contributed by atoms with Gasteiger partial charge in [0.2, 0.25) is 5.91 Å². The van der Waals surface area contributed by atoms with Crippen LogP contribution >= 0.6 is 11.6 Å². The standard InChI is InChI=1S/C19H25ClN4O/c1-19(2,8-13-6-4-5-7-17(13)20)23-18(25)16-11-21-10-15(16)14-9-22-24(3)12-14/h4-7,9,12,15-16,21H,8,10-11H2,1-3H3,(H,23,25)/t15-,16+/m1/s1. The summed E-state index contributed by atoms with van der Waals surface area (Å²) in [4.78, 5) is 12.9. The number of nitrogens with one attached hydrogen (secondary N) is 2. The van der Waals surface area contributed by atoms with E-state index in [1.807, 2.05) is 57.6 Å². The second kappa shape index (κ2) is 7.18. The Morgan fingerprint density at radius 2 is 2.16 bits per heavy atom. The molecule has 1 aliphatic rings. The minimum absolute atomic E-state index is 0.0795. The monoisotopic (exact) mass is 360 g/mol. The zero-order valence-electron chi connectivity index (χ0n) is 14.9. The largest absolute Gasteiger partial charge is 0.351 e. The number of carbonyl (C=O) groups is 1. The van der Waals surface area contributed by atoms with E-state index in [-0.39, 0.29) is 23.3 Å². The quantitative estimate of drug-likeness (QED) is 0.861. The fourth-order valence-electron chi connectivity index (χ4n) is 3.52. The summed E-state index contributed by atoms with van der Waals surface area (Å²) in [5.74, 6) is 0.149. The van der Waals surface area contributed by atoms with Crippen molar-refractivity contribution in [3.05, 3.63) is 52.8 Å². The molecule has 6 heteroatoms. The Morgan fingerprint density at radius 1 is 1.40 bits per heavy atom. The number of amides is 1. The van der Waals surface area contributed by atoms with Gasteiger partial charge in [0, 0.05) is 42.8 Å². The van der Waals surface area contributed by atoms with Gasteiger partial charge in [0.1, 0.15) is 0 Å². The van der Waals surface area contributed by atoms with Crippen LogP contribution in [-0.4, -0.2) is 34.3 Å². The number of aromatic nitrogens is 2. The van der Waals surface area contributed by atoms with E-state index in [1.54, 1.807) is 4.68 Å². The number of rotatable bonds is 5. The number of halogens is 1. The Morgan fingerprint density at radius 3 is 2.84 bits per heavy atom. The van der Waals surface area contributed by atoms with Gasteiger partial charge in [-0.05, 0) is 37.5 Å². The van der Waals surface area contributed by atoms with Gasteiger partial charge in [0.25, 0.3) is 0 Å². The normalized spacial score (nSPS) is 20.6. The number of benzene rings is 1. The molecule has 1 aliphatic heterocycles. The highest BCUT2D eigenvalue weighted by Gasteiger charge is 2.36. The minimum Gasteiger partial charge on any atom is -0.351 e. The van der Waals surface area contributed by atoms with Crippen molar-refractivity contribution >= 4 is 17.5 Å². The Labute approximate surface area is 153 Å². The molecule has 25 heavy (non-hydrogen) atoms. The summed E-state index contributed by atoms with van der Waals surface area (Å²) in [7, 11) is 1.90. The lowest BCUT2D eigenvalue weighted by molar-refractivity contribution is -0.126. The van der Waals surface area contributed by atoms with Crippen LogP contribution in [0.25, 0.3) is 0 Å². The summed E-state index contributed by atoms with van der Waals surface area (Å²) in [6.45, 7) is 5.56. The zero-order chi connectivity index (χ0) is 18.0. The molecule has 2 aromatic rings. The highest BCUT2D eigenvalue weighted by atomic mass is 35.5. The first-order valence-corrected chi connectivity index (χ1v) is 8.98. The molecule has 0 radical (unpaired) electrons. The van der Waals surface area contributed by atoms with E-state index in [2.05, 4.69) is 15.7 Å². The van der Waals surface area contributed by atoms with Crippen LogP contribution in [0.4, 0.5) is 0 Å². The van der Waals surface area contributed by atoms with Crippen molar-refractivity contribution < 1.29 is 4.79 Å². The molecule has 2 heterocycles. The summed E-state index contributed by atoms with van der Waals surface area (Å²) < 4.78 is 1.78. The molecule has 0 bridgehead atoms. The van der Waals surface area contributed by atoms with Gasteiger partial charge in [-0.25, -0.2) is 0 Å². The number of nitrogens with zero attached hydrogens (tertiary/aromatic N) is 2. The molecule has 1 fully saturated rings. The number of hydrogen-bond acceptors (Lipinski definition) is 3. The average Bonchev–Trinajstić information content (AvgIpc) is 3.17. The third kappa shape index (κ3) is 4.22. The lowest BCUT2D eigenvalue weighted by atomic mass is 9.88. The molecule has 1 saturated heterocycles. The van der Waals surface area contributed by atoms with Crippen molar-refractivity contribution in [2.24, 2.45) is 13.0 Å². The molecule has 1 amide bonds. The Bertz CT molecular complexity index is 755. The van der Waals surface area contributed by atoms with Gasteiger partial charge in [-0.3, -0.25) is 9.48 Å². The summed E-state index contributed by atoms with van der Waals surface area (Å²) in [5, 5.41) is 11.5. The number of aryl methyl sites for hydroxylation is 1. The first kappa shape index (κ1) is 18.0. The molecule has 2 N–H and O–H groups in total. The Kier molecular flexibility index (Phi) is 5.16. The van der Waals surface area contributed by atoms with Crippen LogP contribution in [0.15, 0.2) is 36.7 Å². The van der Waals surface area contributed by atoms with Crippen LogP contribution in [0.2, 0.25) is 5.02 Å². The van der Waals surface area contributed by atoms with Gasteiger partial charge in [0.05, 0.1) is 12.1 Å². The third-order valence-corrected chi connectivity index (χ3v) is 5.12. The predicted octanol–water partition coefficient (Wildman–Crippen LogP) is 2.51. The van der Waals surface area contributed by atoms with Gasteiger partial charge >= 0.3 is 0 Å². The van der Waals surface area contributed by atoms with Gasteiger partial charge in [0.15, 0.2) is 0 Å². The molecule has 0 aliphatic carbocycles. The van der Waals surface area contributed by atoms with Gasteiger partial charge in [-0.2, -0.15) is 5.10 Å². The molecule has 0 unspecified atom stereocenters. The smallest absolute Gasteiger partial charge is 0.225 e. The second-order valence-electron chi connectivity index (χ2n) is 7.46. The zero-order valence-corrected chi connectivity index (χ0v) is 15.7. The molecular formula is C19H25ClN4O. The maximum Gasteiger partial charge on any atom is 0.225 e. The lowest BCUT2D eigenvalue weighted by Gasteiger charge is -2.29. The van der Waals surface area contributed by atoms with E-state index in [9.17, 15) is 4.79 Å². The summed E-state index contributed by atoms with van der Waals surface area (Å²) in [5.41, 5.74) is 1.78. The molecule has 0 saturated carbocycles. The highest BCUT2D eigenvalue weighted by Crippen LogP contribution is 2.29. The van der Waals surface area contributed by atoms with Crippen LogP contribution in [0.5, 0.6) is 0 Å². The summed E-state index contributed by atoms with van der Waals surface area (Å²) in [6, 6.07) is 7.78. The van der Waals surface area contributed by atoms with E-state index in [0.717, 1.165) is 22.7 Å². The summed E-state index contributed by atoms with van der Waals surface area (Å²) >= 11 is 6.27. The fraction of sp³-hybridized carbons (Fsp3) is 0.474. The van der Waals surface area contributed by atoms with Crippen molar-refractivity contribution in [3.63, 3.8) is 0 Å². The van der Waals surface area contributed by atoms with Crippen molar-refractivity contribution in [1.29, 1.82) is 0 Å². The van der Waals surface area contributed by atoms with Gasteiger partial charge in [-0.15, -0.1) is 0 Å². The highest BCUT2D eigenvalue weighted by molar-refractivity contribution is 6.31. The SMILES string of the molecule is Cn1cc([C@H]2CNC[C@@H]2C(=O)NC(C)(C)Cc2ccccc2Cl)cn1. The number of hydrogen-bond donors (Lipinski definition) is 2. The molecule has 3 rings (SSSR count). The van der Waals surface area contributed by atoms with Crippen molar-refractivity contribution in [2.75, 3.05) is 13.1 Å². The molecule has 134 valence electrons. The van der Waals surface area contributed by atoms with E-state index in [4.69, 9.17) is 11.6 Å². The molecular weight excluding hydrogens is 336 g/mol. The van der Waals surface area contributed by atoms with Gasteiger partial charge in [-0.1, -0.05) is 29.8 Å². The third-order valence-electron chi connectivity index (χ3n) is 4.76. The first-order valence-electron chi connectivity index (χ1n) is 8.60. The summed E-state index contributed by atoms with van der Waals surface area (Å²) in [6.07, 6.45) is 4.54. The van der Waals surface area contributed by atoms with Crippen LogP contribution < -0.4 is 10.6 Å². The van der Waals surface area contributed by atoms with E-state index in [0.29, 0.717) is 13.0 Å². The van der Waals surface area contributed by atoms with E-state index >= 15 is 0 Å². The minimum atomic E-state index is -0.371. The molecule has 0 spiro atoms. The average molecular weight is 361 g/mol. The number of carbonyl (C=O) groups excluding carboxylic acids is 1. The fourth-order valence-corrected chi connectivity index (χ4v) is 3.73. The topological polar surface area (TPSA) is 59.0 Å². The maximum absolute atomic E-state index is 12.9. The van der Waals surface area contributed by atoms with E-state index in [1.165, 1.54) is 0 Å². The van der Waals surface area contributed by atoms with Crippen molar-refractivity contribution in [1.82, 2.24) is 20.4 Å². The second-order valence-corrected chi connectivity index (χ2v) is 7.87. The van der Waals surface area contributed by atoms with Crippen molar-refractivity contribution in [2.45, 2.75) is 31.7 Å². The van der Waals surface area contributed by atoms with Crippen LogP contribution in [-0.2, 0) is 18.3 Å². The first-order chi connectivity index (χ1) is 11.9. The Hall–Kier alpha value is -1.85. The molecule has 1 aromatic carbocycles. The predicted molar refractivity (Wildman–Crippen MR) is 99.7 cm³/mol. The van der Waals surface area contributed by atoms with E-state index < -0.39 is 0 Å².